The Morgan fingerprint density at radius 3 is 2.67 bits per heavy atom. The smallest absolute Gasteiger partial charge is 0.403 e. The van der Waals surface area contributed by atoms with Crippen LogP contribution in [0.4, 0.5) is 13.2 Å². The van der Waals surface area contributed by atoms with E-state index in [0.29, 0.717) is 19.6 Å². The van der Waals surface area contributed by atoms with Gasteiger partial charge in [0.15, 0.2) is 5.92 Å². The van der Waals surface area contributed by atoms with Crippen molar-refractivity contribution in [2.45, 2.75) is 38.0 Å². The quantitative estimate of drug-likeness (QED) is 0.722. The molecule has 0 amide bonds. The molecule has 0 radical (unpaired) electrons. The zero-order valence-corrected chi connectivity index (χ0v) is 10.0. The molecule has 2 N–H and O–H groups in total. The third-order valence-corrected chi connectivity index (χ3v) is 2.96. The van der Waals surface area contributed by atoms with Crippen molar-refractivity contribution in [3.63, 3.8) is 0 Å². The van der Waals surface area contributed by atoms with Gasteiger partial charge >= 0.3 is 12.1 Å². The van der Waals surface area contributed by atoms with E-state index in [-0.39, 0.29) is 6.10 Å². The maximum atomic E-state index is 12.3. The SMILES string of the molecule is O=C(O)C(CNCCC1CCCCO1)C(F)(F)F. The van der Waals surface area contributed by atoms with Crippen molar-refractivity contribution in [1.29, 1.82) is 0 Å². The Morgan fingerprint density at radius 2 is 2.17 bits per heavy atom. The topological polar surface area (TPSA) is 58.6 Å². The predicted molar refractivity (Wildman–Crippen MR) is 58.3 cm³/mol. The van der Waals surface area contributed by atoms with Crippen molar-refractivity contribution in [2.75, 3.05) is 19.7 Å². The third kappa shape index (κ3) is 5.22. The summed E-state index contributed by atoms with van der Waals surface area (Å²) in [6.45, 7) is 0.445. The van der Waals surface area contributed by atoms with Gasteiger partial charge in [-0.25, -0.2) is 0 Å². The molecule has 106 valence electrons. The van der Waals surface area contributed by atoms with Gasteiger partial charge in [0.05, 0.1) is 6.10 Å². The van der Waals surface area contributed by atoms with Crippen LogP contribution in [0.2, 0.25) is 0 Å². The van der Waals surface area contributed by atoms with Gasteiger partial charge < -0.3 is 15.2 Å². The van der Waals surface area contributed by atoms with Crippen molar-refractivity contribution in [2.24, 2.45) is 5.92 Å². The first-order chi connectivity index (χ1) is 8.41. The van der Waals surface area contributed by atoms with Gasteiger partial charge in [-0.15, -0.1) is 0 Å². The molecule has 7 heteroatoms. The number of rotatable bonds is 6. The molecular formula is C11H18F3NO3. The molecule has 0 spiro atoms. The molecule has 2 atom stereocenters. The number of carbonyl (C=O) groups is 1. The molecule has 0 aromatic rings. The standard InChI is InChI=1S/C11H18F3NO3/c12-11(13,14)9(10(16)17)7-15-5-4-8-3-1-2-6-18-8/h8-9,15H,1-7H2,(H,16,17). The second kappa shape index (κ2) is 6.94. The highest BCUT2D eigenvalue weighted by Gasteiger charge is 2.44. The Balaban J connectivity index is 2.20. The Hall–Kier alpha value is -0.820. The molecule has 4 nitrogen and oxygen atoms in total. The molecule has 0 aromatic heterocycles. The van der Waals surface area contributed by atoms with Gasteiger partial charge in [-0.2, -0.15) is 13.2 Å². The third-order valence-electron chi connectivity index (χ3n) is 2.96. The van der Waals surface area contributed by atoms with Gasteiger partial charge in [0.1, 0.15) is 0 Å². The molecule has 0 aliphatic carbocycles. The molecule has 1 aliphatic rings. The number of halogens is 3. The van der Waals surface area contributed by atoms with Crippen LogP contribution in [0.1, 0.15) is 25.7 Å². The van der Waals surface area contributed by atoms with E-state index in [2.05, 4.69) is 5.32 Å². The molecule has 1 rings (SSSR count). The summed E-state index contributed by atoms with van der Waals surface area (Å²) in [4.78, 5) is 10.5. The van der Waals surface area contributed by atoms with Gasteiger partial charge in [0.25, 0.3) is 0 Å². The lowest BCUT2D eigenvalue weighted by atomic mass is 10.1. The highest BCUT2D eigenvalue weighted by molar-refractivity contribution is 5.71. The Morgan fingerprint density at radius 1 is 1.44 bits per heavy atom. The van der Waals surface area contributed by atoms with Gasteiger partial charge in [0.2, 0.25) is 0 Å². The molecule has 1 fully saturated rings. The fraction of sp³-hybridized carbons (Fsp3) is 0.909. The van der Waals surface area contributed by atoms with Crippen LogP contribution in [0, 0.1) is 5.92 Å². The summed E-state index contributed by atoms with van der Waals surface area (Å²) in [7, 11) is 0. The van der Waals surface area contributed by atoms with E-state index in [9.17, 15) is 18.0 Å². The van der Waals surface area contributed by atoms with Gasteiger partial charge in [-0.1, -0.05) is 0 Å². The van der Waals surface area contributed by atoms with E-state index < -0.39 is 24.6 Å². The normalized spacial score (nSPS) is 22.7. The van der Waals surface area contributed by atoms with Crippen LogP contribution in [0.3, 0.4) is 0 Å². The first-order valence-corrected chi connectivity index (χ1v) is 6.03. The van der Waals surface area contributed by atoms with Crippen molar-refractivity contribution >= 4 is 5.97 Å². The minimum atomic E-state index is -4.71. The average Bonchev–Trinajstić information content (AvgIpc) is 2.27. The Kier molecular flexibility index (Phi) is 5.87. The van der Waals surface area contributed by atoms with E-state index >= 15 is 0 Å². The minimum Gasteiger partial charge on any atom is -0.481 e. The number of hydrogen-bond donors (Lipinski definition) is 2. The van der Waals surface area contributed by atoms with E-state index in [0.717, 1.165) is 19.3 Å². The zero-order valence-electron chi connectivity index (χ0n) is 10.0. The van der Waals surface area contributed by atoms with Gasteiger partial charge in [0, 0.05) is 13.2 Å². The second-order valence-corrected chi connectivity index (χ2v) is 4.41. The molecule has 0 aromatic carbocycles. The summed E-state index contributed by atoms with van der Waals surface area (Å²) in [5.74, 6) is -4.19. The van der Waals surface area contributed by atoms with E-state index in [4.69, 9.17) is 9.84 Å². The zero-order chi connectivity index (χ0) is 13.6. The van der Waals surface area contributed by atoms with E-state index in [1.54, 1.807) is 0 Å². The number of aliphatic carboxylic acids is 1. The highest BCUT2D eigenvalue weighted by atomic mass is 19.4. The molecule has 1 heterocycles. The molecule has 0 saturated carbocycles. The molecule has 0 bridgehead atoms. The lowest BCUT2D eigenvalue weighted by molar-refractivity contribution is -0.192. The summed E-state index contributed by atoms with van der Waals surface area (Å²) >= 11 is 0. The maximum absolute atomic E-state index is 12.3. The van der Waals surface area contributed by atoms with Crippen molar-refractivity contribution in [1.82, 2.24) is 5.32 Å². The lowest BCUT2D eigenvalue weighted by Crippen LogP contribution is -2.40. The summed E-state index contributed by atoms with van der Waals surface area (Å²) in [5.41, 5.74) is 0. The predicted octanol–water partition coefficient (Wildman–Crippen LogP) is 1.80. The Bertz CT molecular complexity index is 265. The molecule has 1 saturated heterocycles. The Labute approximate surface area is 103 Å². The van der Waals surface area contributed by atoms with Crippen LogP contribution in [0.25, 0.3) is 0 Å². The maximum Gasteiger partial charge on any atom is 0.403 e. The van der Waals surface area contributed by atoms with E-state index in [1.807, 2.05) is 0 Å². The minimum absolute atomic E-state index is 0.0837. The van der Waals surface area contributed by atoms with Crippen LogP contribution in [0.5, 0.6) is 0 Å². The number of ether oxygens (including phenoxy) is 1. The van der Waals surface area contributed by atoms with Crippen LogP contribution >= 0.6 is 0 Å². The number of hydrogen-bond acceptors (Lipinski definition) is 3. The molecule has 1 aliphatic heterocycles. The monoisotopic (exact) mass is 269 g/mol. The highest BCUT2D eigenvalue weighted by Crippen LogP contribution is 2.25. The fourth-order valence-electron chi connectivity index (χ4n) is 1.89. The van der Waals surface area contributed by atoms with Crippen LogP contribution < -0.4 is 5.32 Å². The number of alkyl halides is 3. The fourth-order valence-corrected chi connectivity index (χ4v) is 1.89. The van der Waals surface area contributed by atoms with Crippen molar-refractivity contribution in [3.8, 4) is 0 Å². The van der Waals surface area contributed by atoms with Gasteiger partial charge in [-0.05, 0) is 32.2 Å². The largest absolute Gasteiger partial charge is 0.481 e. The first kappa shape index (κ1) is 15.2. The van der Waals surface area contributed by atoms with Crippen LogP contribution in [0.15, 0.2) is 0 Å². The number of nitrogens with one attached hydrogen (secondary N) is 1. The van der Waals surface area contributed by atoms with Crippen LogP contribution in [-0.4, -0.2) is 43.1 Å². The lowest BCUT2D eigenvalue weighted by Gasteiger charge is -2.23. The summed E-state index contributed by atoms with van der Waals surface area (Å²) < 4.78 is 42.3. The molecule has 2 unspecified atom stereocenters. The van der Waals surface area contributed by atoms with Crippen LogP contribution in [-0.2, 0) is 9.53 Å². The molecule has 18 heavy (non-hydrogen) atoms. The van der Waals surface area contributed by atoms with Gasteiger partial charge in [-0.3, -0.25) is 4.79 Å². The average molecular weight is 269 g/mol. The summed E-state index contributed by atoms with van der Waals surface area (Å²) in [6.07, 6.45) is -0.988. The van der Waals surface area contributed by atoms with E-state index in [1.165, 1.54) is 0 Å². The van der Waals surface area contributed by atoms with Crippen molar-refractivity contribution < 1.29 is 27.8 Å². The summed E-state index contributed by atoms with van der Waals surface area (Å²) in [5, 5.41) is 11.0. The number of carboxylic acid groups (broad SMARTS) is 1. The first-order valence-electron chi connectivity index (χ1n) is 6.03. The summed E-state index contributed by atoms with van der Waals surface area (Å²) in [6, 6.07) is 0. The number of carboxylic acids is 1. The van der Waals surface area contributed by atoms with Crippen molar-refractivity contribution in [3.05, 3.63) is 0 Å². The molecular weight excluding hydrogens is 251 g/mol. The second-order valence-electron chi connectivity index (χ2n) is 4.41.